The molecular formula is C18H27FN4O. The number of ether oxygens (including phenoxy) is 1. The van der Waals surface area contributed by atoms with Gasteiger partial charge in [-0.2, -0.15) is 0 Å². The Balaban J connectivity index is 1.30. The van der Waals surface area contributed by atoms with Crippen LogP contribution in [0.2, 0.25) is 0 Å². The van der Waals surface area contributed by atoms with E-state index in [4.69, 9.17) is 4.74 Å². The molecular weight excluding hydrogens is 307 g/mol. The summed E-state index contributed by atoms with van der Waals surface area (Å²) in [5.41, 5.74) is 0.402. The number of aromatic nitrogens is 2. The SMILES string of the molecule is CN1CC2(CCN(c3ncc(F)cn3)CC2)C[C@@H]1COCC1CC1. The number of piperidine rings is 1. The van der Waals surface area contributed by atoms with Crippen LogP contribution >= 0.6 is 0 Å². The molecule has 2 aliphatic heterocycles. The van der Waals surface area contributed by atoms with Crippen molar-refractivity contribution in [2.24, 2.45) is 11.3 Å². The largest absolute Gasteiger partial charge is 0.380 e. The zero-order valence-electron chi connectivity index (χ0n) is 14.5. The lowest BCUT2D eigenvalue weighted by Crippen LogP contribution is -2.42. The van der Waals surface area contributed by atoms with Crippen LogP contribution in [0, 0.1) is 17.2 Å². The van der Waals surface area contributed by atoms with Crippen molar-refractivity contribution in [3.8, 4) is 0 Å². The summed E-state index contributed by atoms with van der Waals surface area (Å²) in [7, 11) is 2.23. The molecule has 0 bridgehead atoms. The van der Waals surface area contributed by atoms with Crippen molar-refractivity contribution in [2.45, 2.75) is 38.1 Å². The number of likely N-dealkylation sites (N-methyl/N-ethyl adjacent to an activating group) is 1. The Bertz CT molecular complexity index is 555. The van der Waals surface area contributed by atoms with Gasteiger partial charge >= 0.3 is 0 Å². The molecule has 2 saturated heterocycles. The fourth-order valence-electron chi connectivity index (χ4n) is 4.23. The van der Waals surface area contributed by atoms with Crippen molar-refractivity contribution in [3.63, 3.8) is 0 Å². The smallest absolute Gasteiger partial charge is 0.225 e. The maximum atomic E-state index is 13.0. The standard InChI is InChI=1S/C18H27FN4O/c1-22-13-18(8-16(22)12-24-11-14-2-3-14)4-6-23(7-5-18)17-20-9-15(19)10-21-17/h9-10,14,16H,2-8,11-13H2,1H3/t16-/m1/s1. The summed E-state index contributed by atoms with van der Waals surface area (Å²) in [4.78, 5) is 12.9. The second kappa shape index (κ2) is 6.56. The van der Waals surface area contributed by atoms with Crippen LogP contribution in [0.15, 0.2) is 12.4 Å². The highest BCUT2D eigenvalue weighted by Gasteiger charge is 2.44. The molecule has 0 unspecified atom stereocenters. The van der Waals surface area contributed by atoms with E-state index in [0.717, 1.165) is 51.6 Å². The molecule has 5 nitrogen and oxygen atoms in total. The molecule has 3 heterocycles. The van der Waals surface area contributed by atoms with Gasteiger partial charge in [0.15, 0.2) is 5.82 Å². The van der Waals surface area contributed by atoms with Crippen LogP contribution in [0.4, 0.5) is 10.3 Å². The number of nitrogens with zero attached hydrogens (tertiary/aromatic N) is 4. The van der Waals surface area contributed by atoms with Crippen LogP contribution in [0.25, 0.3) is 0 Å². The Morgan fingerprint density at radius 3 is 2.58 bits per heavy atom. The number of anilines is 1. The summed E-state index contributed by atoms with van der Waals surface area (Å²) in [6.45, 7) is 4.89. The zero-order chi connectivity index (χ0) is 16.6. The minimum Gasteiger partial charge on any atom is -0.380 e. The summed E-state index contributed by atoms with van der Waals surface area (Å²) < 4.78 is 18.9. The van der Waals surface area contributed by atoms with Gasteiger partial charge in [-0.3, -0.25) is 0 Å². The van der Waals surface area contributed by atoms with Crippen molar-refractivity contribution in [1.29, 1.82) is 0 Å². The summed E-state index contributed by atoms with van der Waals surface area (Å²) >= 11 is 0. The van der Waals surface area contributed by atoms with E-state index in [1.54, 1.807) is 0 Å². The lowest BCUT2D eigenvalue weighted by molar-refractivity contribution is 0.0786. The Kier molecular flexibility index (Phi) is 4.43. The summed E-state index contributed by atoms with van der Waals surface area (Å²) in [6.07, 6.45) is 8.74. The average molecular weight is 334 g/mol. The number of hydrogen-bond acceptors (Lipinski definition) is 5. The number of hydrogen-bond donors (Lipinski definition) is 0. The van der Waals surface area contributed by atoms with Gasteiger partial charge in [0.2, 0.25) is 5.95 Å². The Hall–Kier alpha value is -1.27. The van der Waals surface area contributed by atoms with Gasteiger partial charge in [-0.15, -0.1) is 0 Å². The van der Waals surface area contributed by atoms with Gasteiger partial charge in [0, 0.05) is 32.3 Å². The molecule has 4 rings (SSSR count). The highest BCUT2D eigenvalue weighted by Crippen LogP contribution is 2.43. The van der Waals surface area contributed by atoms with E-state index in [1.807, 2.05) is 0 Å². The minimum absolute atomic E-state index is 0.376. The summed E-state index contributed by atoms with van der Waals surface area (Å²) in [5, 5.41) is 0. The molecule has 132 valence electrons. The third-order valence-electron chi connectivity index (χ3n) is 5.95. The lowest BCUT2D eigenvalue weighted by Gasteiger charge is -2.39. The molecule has 1 aromatic heterocycles. The van der Waals surface area contributed by atoms with E-state index >= 15 is 0 Å². The number of halogens is 1. The molecule has 1 aromatic rings. The van der Waals surface area contributed by atoms with Crippen LogP contribution in [0.5, 0.6) is 0 Å². The van der Waals surface area contributed by atoms with Gasteiger partial charge in [-0.1, -0.05) is 0 Å². The van der Waals surface area contributed by atoms with Crippen molar-refractivity contribution < 1.29 is 9.13 Å². The van der Waals surface area contributed by atoms with Gasteiger partial charge in [0.05, 0.1) is 19.0 Å². The Morgan fingerprint density at radius 1 is 1.21 bits per heavy atom. The molecule has 0 radical (unpaired) electrons. The topological polar surface area (TPSA) is 41.5 Å². The van der Waals surface area contributed by atoms with Crippen LogP contribution in [0.3, 0.4) is 0 Å². The van der Waals surface area contributed by atoms with E-state index in [0.29, 0.717) is 17.4 Å². The molecule has 1 saturated carbocycles. The maximum Gasteiger partial charge on any atom is 0.225 e. The third kappa shape index (κ3) is 3.54. The highest BCUT2D eigenvalue weighted by molar-refractivity contribution is 5.30. The van der Waals surface area contributed by atoms with Crippen LogP contribution < -0.4 is 4.90 Å². The highest BCUT2D eigenvalue weighted by atomic mass is 19.1. The van der Waals surface area contributed by atoms with Crippen LogP contribution in [-0.4, -0.2) is 60.8 Å². The number of likely N-dealkylation sites (tertiary alicyclic amines) is 1. The first kappa shape index (κ1) is 16.2. The van der Waals surface area contributed by atoms with Gasteiger partial charge in [0.1, 0.15) is 0 Å². The third-order valence-corrected chi connectivity index (χ3v) is 5.95. The second-order valence-corrected chi connectivity index (χ2v) is 7.94. The molecule has 1 aliphatic carbocycles. The van der Waals surface area contributed by atoms with E-state index < -0.39 is 0 Å². The minimum atomic E-state index is -0.376. The van der Waals surface area contributed by atoms with Crippen molar-refractivity contribution >= 4 is 5.95 Å². The first-order chi connectivity index (χ1) is 11.6. The molecule has 1 spiro atoms. The second-order valence-electron chi connectivity index (χ2n) is 7.94. The van der Waals surface area contributed by atoms with Crippen molar-refractivity contribution in [2.75, 3.05) is 44.8 Å². The van der Waals surface area contributed by atoms with E-state index in [-0.39, 0.29) is 5.82 Å². The van der Waals surface area contributed by atoms with Crippen molar-refractivity contribution in [1.82, 2.24) is 14.9 Å². The van der Waals surface area contributed by atoms with Gasteiger partial charge < -0.3 is 14.5 Å². The van der Waals surface area contributed by atoms with E-state index in [9.17, 15) is 4.39 Å². The number of rotatable bonds is 5. The molecule has 0 amide bonds. The zero-order valence-corrected chi connectivity index (χ0v) is 14.5. The normalized spacial score (nSPS) is 27.1. The fraction of sp³-hybridized carbons (Fsp3) is 0.778. The monoisotopic (exact) mass is 334 g/mol. The van der Waals surface area contributed by atoms with Gasteiger partial charge in [-0.05, 0) is 50.5 Å². The summed E-state index contributed by atoms with van der Waals surface area (Å²) in [6, 6.07) is 0.553. The summed E-state index contributed by atoms with van der Waals surface area (Å²) in [5.74, 6) is 1.12. The fourth-order valence-corrected chi connectivity index (χ4v) is 4.23. The molecule has 0 N–H and O–H groups in total. The molecule has 0 aromatic carbocycles. The molecule has 3 aliphatic rings. The van der Waals surface area contributed by atoms with E-state index in [1.165, 1.54) is 31.7 Å². The Morgan fingerprint density at radius 2 is 1.92 bits per heavy atom. The first-order valence-electron chi connectivity index (χ1n) is 9.14. The quantitative estimate of drug-likeness (QED) is 0.827. The maximum absolute atomic E-state index is 13.0. The average Bonchev–Trinajstić information content (AvgIpc) is 3.35. The molecule has 6 heteroatoms. The van der Waals surface area contributed by atoms with Gasteiger partial charge in [-0.25, -0.2) is 14.4 Å². The Labute approximate surface area is 143 Å². The molecule has 24 heavy (non-hydrogen) atoms. The molecule has 3 fully saturated rings. The predicted molar refractivity (Wildman–Crippen MR) is 90.4 cm³/mol. The lowest BCUT2D eigenvalue weighted by atomic mass is 9.76. The van der Waals surface area contributed by atoms with Gasteiger partial charge in [0.25, 0.3) is 0 Å². The van der Waals surface area contributed by atoms with Crippen molar-refractivity contribution in [3.05, 3.63) is 18.2 Å². The van der Waals surface area contributed by atoms with Crippen LogP contribution in [0.1, 0.15) is 32.1 Å². The first-order valence-corrected chi connectivity index (χ1v) is 9.14. The van der Waals surface area contributed by atoms with E-state index in [2.05, 4.69) is 26.8 Å². The predicted octanol–water partition coefficient (Wildman–Crippen LogP) is 2.33. The molecule has 1 atom stereocenters. The van der Waals surface area contributed by atoms with Crippen LogP contribution in [-0.2, 0) is 4.74 Å².